The predicted octanol–water partition coefficient (Wildman–Crippen LogP) is 0.370. The fraction of sp³-hybridized carbons (Fsp3) is 0.471. The van der Waals surface area contributed by atoms with Crippen LogP contribution in [0, 0.1) is 0 Å². The molecule has 1 aromatic rings. The summed E-state index contributed by atoms with van der Waals surface area (Å²) in [5.74, 6) is 0.852. The second kappa shape index (κ2) is 6.74. The predicted molar refractivity (Wildman–Crippen MR) is 90.9 cm³/mol. The topological polar surface area (TPSA) is 100 Å². The molecular weight excluding hydrogens is 340 g/mol. The number of nitrogens with one attached hydrogen (secondary N) is 2. The lowest BCUT2D eigenvalue weighted by molar-refractivity contribution is -0.137. The first-order valence-electron chi connectivity index (χ1n) is 8.62. The minimum absolute atomic E-state index is 0.0413. The largest absolute Gasteiger partial charge is 0.454 e. The van der Waals surface area contributed by atoms with Crippen molar-refractivity contribution in [2.24, 2.45) is 0 Å². The Morgan fingerprint density at radius 2 is 2.12 bits per heavy atom. The molecule has 138 valence electrons. The number of rotatable bonds is 4. The Labute approximate surface area is 150 Å². The lowest BCUT2D eigenvalue weighted by Crippen LogP contribution is -2.49. The van der Waals surface area contributed by atoms with Gasteiger partial charge in [0.2, 0.25) is 12.7 Å². The van der Waals surface area contributed by atoms with Gasteiger partial charge < -0.3 is 25.0 Å². The van der Waals surface area contributed by atoms with E-state index in [0.717, 1.165) is 29.2 Å². The third-order valence-corrected chi connectivity index (χ3v) is 4.75. The zero-order chi connectivity index (χ0) is 18.1. The zero-order valence-electron chi connectivity index (χ0n) is 14.2. The second-order valence-electron chi connectivity index (χ2n) is 6.53. The van der Waals surface area contributed by atoms with Gasteiger partial charge in [-0.3, -0.25) is 14.5 Å². The average molecular weight is 360 g/mol. The number of ether oxygens (including phenoxy) is 2. The summed E-state index contributed by atoms with van der Waals surface area (Å²) < 4.78 is 10.7. The Morgan fingerprint density at radius 1 is 1.27 bits per heavy atom. The van der Waals surface area contributed by atoms with Crippen LogP contribution >= 0.6 is 0 Å². The molecule has 0 unspecified atom stereocenters. The van der Waals surface area contributed by atoms with Crippen molar-refractivity contribution in [3.63, 3.8) is 0 Å². The third kappa shape index (κ3) is 3.24. The molecule has 0 aromatic heterocycles. The summed E-state index contributed by atoms with van der Waals surface area (Å²) in [6, 6.07) is 5.25. The third-order valence-electron chi connectivity index (χ3n) is 4.75. The van der Waals surface area contributed by atoms with E-state index in [0.29, 0.717) is 18.8 Å². The van der Waals surface area contributed by atoms with E-state index >= 15 is 0 Å². The van der Waals surface area contributed by atoms with Crippen LogP contribution in [0.1, 0.15) is 12.8 Å². The van der Waals surface area contributed by atoms with Gasteiger partial charge in [-0.1, -0.05) is 0 Å². The van der Waals surface area contributed by atoms with Gasteiger partial charge in [-0.25, -0.2) is 4.79 Å². The fourth-order valence-electron chi connectivity index (χ4n) is 3.39. The van der Waals surface area contributed by atoms with Crippen molar-refractivity contribution in [3.05, 3.63) is 18.2 Å². The van der Waals surface area contributed by atoms with E-state index in [1.807, 2.05) is 18.2 Å². The van der Waals surface area contributed by atoms with Crippen LogP contribution in [0.3, 0.4) is 0 Å². The fourth-order valence-corrected chi connectivity index (χ4v) is 3.39. The highest BCUT2D eigenvalue weighted by molar-refractivity contribution is 6.04. The molecular formula is C17H20N4O5. The number of urea groups is 1. The van der Waals surface area contributed by atoms with Gasteiger partial charge in [0.15, 0.2) is 11.5 Å². The highest BCUT2D eigenvalue weighted by atomic mass is 16.7. The first-order valence-corrected chi connectivity index (χ1v) is 8.62. The Hall–Kier alpha value is -2.97. The molecule has 9 heteroatoms. The van der Waals surface area contributed by atoms with Gasteiger partial charge >= 0.3 is 6.03 Å². The number of piperidine rings is 1. The van der Waals surface area contributed by atoms with Crippen molar-refractivity contribution in [3.8, 4) is 11.5 Å². The van der Waals surface area contributed by atoms with Crippen molar-refractivity contribution in [1.29, 1.82) is 0 Å². The van der Waals surface area contributed by atoms with Crippen LogP contribution in [0.15, 0.2) is 18.2 Å². The lowest BCUT2D eigenvalue weighted by Gasteiger charge is -2.34. The molecule has 3 aliphatic heterocycles. The first kappa shape index (κ1) is 16.5. The maximum absolute atomic E-state index is 12.5. The molecule has 2 fully saturated rings. The number of likely N-dealkylation sites (tertiary alicyclic amines) is 1. The monoisotopic (exact) mass is 360 g/mol. The van der Waals surface area contributed by atoms with Crippen LogP contribution in [0.4, 0.5) is 10.5 Å². The Morgan fingerprint density at radius 3 is 2.92 bits per heavy atom. The molecule has 3 heterocycles. The van der Waals surface area contributed by atoms with Crippen molar-refractivity contribution in [2.75, 3.05) is 38.3 Å². The molecule has 26 heavy (non-hydrogen) atoms. The first-order chi connectivity index (χ1) is 12.6. The number of hydrogen-bond donors (Lipinski definition) is 2. The second-order valence-corrected chi connectivity index (χ2v) is 6.53. The molecule has 0 aliphatic carbocycles. The zero-order valence-corrected chi connectivity index (χ0v) is 14.2. The molecule has 0 saturated carbocycles. The Bertz CT molecular complexity index is 737. The summed E-state index contributed by atoms with van der Waals surface area (Å²) >= 11 is 0. The quantitative estimate of drug-likeness (QED) is 0.753. The summed E-state index contributed by atoms with van der Waals surface area (Å²) in [5, 5.41) is 5.84. The van der Waals surface area contributed by atoms with Gasteiger partial charge in [-0.15, -0.1) is 0 Å². The van der Waals surface area contributed by atoms with Crippen LogP contribution in [-0.2, 0) is 9.59 Å². The highest BCUT2D eigenvalue weighted by Gasteiger charge is 2.33. The molecule has 3 aliphatic rings. The summed E-state index contributed by atoms with van der Waals surface area (Å²) in [6.45, 7) is 1.13. The number of fused-ring (bicyclic) bond motifs is 1. The van der Waals surface area contributed by atoms with E-state index in [4.69, 9.17) is 9.47 Å². The standard InChI is InChI=1S/C17H20N4O5/c22-15-7-18-17(24)21(15)9-16(23)20-5-1-2-12(8-20)19-11-3-4-13-14(6-11)26-10-25-13/h3-4,6,12,19H,1-2,5,7-10H2,(H,18,24)/t12-/m0/s1. The minimum Gasteiger partial charge on any atom is -0.454 e. The van der Waals surface area contributed by atoms with E-state index in [1.165, 1.54) is 0 Å². The number of hydrogen-bond acceptors (Lipinski definition) is 6. The summed E-state index contributed by atoms with van der Waals surface area (Å²) in [7, 11) is 0. The maximum Gasteiger partial charge on any atom is 0.325 e. The number of imide groups is 1. The van der Waals surface area contributed by atoms with Crippen LogP contribution in [0.2, 0.25) is 0 Å². The van der Waals surface area contributed by atoms with Gasteiger partial charge in [0, 0.05) is 30.9 Å². The smallest absolute Gasteiger partial charge is 0.325 e. The maximum atomic E-state index is 12.5. The van der Waals surface area contributed by atoms with Crippen LogP contribution in [0.25, 0.3) is 0 Å². The number of carbonyl (C=O) groups is 3. The van der Waals surface area contributed by atoms with Crippen molar-refractivity contribution < 1.29 is 23.9 Å². The van der Waals surface area contributed by atoms with Crippen molar-refractivity contribution >= 4 is 23.5 Å². The van der Waals surface area contributed by atoms with Crippen LogP contribution in [-0.4, -0.2) is 66.7 Å². The minimum atomic E-state index is -0.504. The van der Waals surface area contributed by atoms with E-state index in [9.17, 15) is 14.4 Å². The van der Waals surface area contributed by atoms with E-state index in [2.05, 4.69) is 10.6 Å². The lowest BCUT2D eigenvalue weighted by atomic mass is 10.0. The number of anilines is 1. The SMILES string of the molecule is O=C(CN1C(=O)CNC1=O)N1CCC[C@H](Nc2ccc3c(c2)OCO3)C1. The highest BCUT2D eigenvalue weighted by Crippen LogP contribution is 2.34. The van der Waals surface area contributed by atoms with E-state index in [-0.39, 0.29) is 37.7 Å². The number of carbonyl (C=O) groups excluding carboxylic acids is 3. The van der Waals surface area contributed by atoms with Crippen molar-refractivity contribution in [2.45, 2.75) is 18.9 Å². The van der Waals surface area contributed by atoms with Crippen molar-refractivity contribution in [1.82, 2.24) is 15.1 Å². The van der Waals surface area contributed by atoms with Gasteiger partial charge in [0.25, 0.3) is 5.91 Å². The molecule has 1 aromatic carbocycles. The Kier molecular flexibility index (Phi) is 4.27. The normalized spacial score (nSPS) is 21.8. The number of benzene rings is 1. The van der Waals surface area contributed by atoms with E-state index < -0.39 is 6.03 Å². The molecule has 1 atom stereocenters. The number of nitrogens with zero attached hydrogens (tertiary/aromatic N) is 2. The summed E-state index contributed by atoms with van der Waals surface area (Å²) in [4.78, 5) is 38.4. The van der Waals surface area contributed by atoms with Crippen LogP contribution in [0.5, 0.6) is 11.5 Å². The Balaban J connectivity index is 1.35. The molecule has 2 saturated heterocycles. The molecule has 0 bridgehead atoms. The van der Waals surface area contributed by atoms with Crippen LogP contribution < -0.4 is 20.1 Å². The number of amides is 4. The van der Waals surface area contributed by atoms with Gasteiger partial charge in [-0.05, 0) is 25.0 Å². The molecule has 4 rings (SSSR count). The van der Waals surface area contributed by atoms with E-state index in [1.54, 1.807) is 4.90 Å². The van der Waals surface area contributed by atoms with Gasteiger partial charge in [0.1, 0.15) is 6.54 Å². The van der Waals surface area contributed by atoms with Gasteiger partial charge in [0.05, 0.1) is 6.54 Å². The molecule has 2 N–H and O–H groups in total. The average Bonchev–Trinajstić information content (AvgIpc) is 3.23. The summed E-state index contributed by atoms with van der Waals surface area (Å²) in [6.07, 6.45) is 1.79. The molecule has 4 amide bonds. The molecule has 0 spiro atoms. The summed E-state index contributed by atoms with van der Waals surface area (Å²) in [5.41, 5.74) is 0.905. The molecule has 0 radical (unpaired) electrons. The van der Waals surface area contributed by atoms with Gasteiger partial charge in [-0.2, -0.15) is 0 Å². The molecule has 9 nitrogen and oxygen atoms in total.